The number of hydrogen-bond acceptors (Lipinski definition) is 8. The highest BCUT2D eigenvalue weighted by Crippen LogP contribution is 2.32. The number of aliphatic carboxylic acids is 1. The van der Waals surface area contributed by atoms with Crippen LogP contribution < -0.4 is 16.4 Å². The van der Waals surface area contributed by atoms with E-state index in [0.29, 0.717) is 23.3 Å². The monoisotopic (exact) mass is 531 g/mol. The predicted molar refractivity (Wildman–Crippen MR) is 136 cm³/mol. The van der Waals surface area contributed by atoms with Gasteiger partial charge in [0.05, 0.1) is 17.8 Å². The minimum absolute atomic E-state index is 0.394. The number of alkyl halides is 3. The number of hydrogen-bond donors (Lipinski definition) is 4. The number of benzene rings is 1. The van der Waals surface area contributed by atoms with Crippen molar-refractivity contribution >= 4 is 28.6 Å². The van der Waals surface area contributed by atoms with Gasteiger partial charge in [-0.15, -0.1) is 0 Å². The third kappa shape index (κ3) is 6.40. The van der Waals surface area contributed by atoms with Gasteiger partial charge in [0.2, 0.25) is 5.89 Å². The largest absolute Gasteiger partial charge is 0.490 e. The van der Waals surface area contributed by atoms with Gasteiger partial charge in [0.25, 0.3) is 0 Å². The molecule has 38 heavy (non-hydrogen) atoms. The highest BCUT2D eigenvalue weighted by atomic mass is 19.4. The molecule has 0 aliphatic carbocycles. The van der Waals surface area contributed by atoms with Crippen molar-refractivity contribution in [2.75, 3.05) is 30.7 Å². The number of pyridine rings is 1. The molecule has 1 aliphatic heterocycles. The lowest BCUT2D eigenvalue weighted by molar-refractivity contribution is -0.192. The number of piperidine rings is 1. The fourth-order valence-electron chi connectivity index (χ4n) is 3.98. The highest BCUT2D eigenvalue weighted by molar-refractivity contribution is 5.83. The van der Waals surface area contributed by atoms with Crippen LogP contribution in [0.25, 0.3) is 33.7 Å². The topological polar surface area (TPSA) is 144 Å². The van der Waals surface area contributed by atoms with Gasteiger partial charge in [-0.05, 0) is 56.6 Å². The van der Waals surface area contributed by atoms with E-state index in [1.165, 1.54) is 0 Å². The van der Waals surface area contributed by atoms with Crippen LogP contribution in [0.1, 0.15) is 32.2 Å². The number of halogens is 3. The molecule has 0 radical (unpaired) electrons. The lowest BCUT2D eigenvalue weighted by Crippen LogP contribution is -2.29. The molecule has 4 heterocycles. The van der Waals surface area contributed by atoms with Gasteiger partial charge in [-0.3, -0.25) is 4.68 Å². The first-order valence-corrected chi connectivity index (χ1v) is 12.1. The van der Waals surface area contributed by atoms with Crippen LogP contribution in [0.4, 0.5) is 24.7 Å². The molecule has 3 aromatic heterocycles. The second-order valence-corrected chi connectivity index (χ2v) is 8.78. The van der Waals surface area contributed by atoms with Crippen LogP contribution in [-0.2, 0) is 4.79 Å². The molecule has 1 saturated heterocycles. The number of carboxylic acids is 1. The zero-order chi connectivity index (χ0) is 27.3. The molecule has 0 amide bonds. The summed E-state index contributed by atoms with van der Waals surface area (Å²) in [7, 11) is 0. The van der Waals surface area contributed by atoms with Crippen LogP contribution in [-0.4, -0.2) is 56.6 Å². The van der Waals surface area contributed by atoms with Gasteiger partial charge < -0.3 is 25.9 Å². The van der Waals surface area contributed by atoms with Gasteiger partial charge in [0, 0.05) is 35.8 Å². The number of fused-ring (bicyclic) bond motifs is 1. The Balaban J connectivity index is 0.000000426. The Kier molecular flexibility index (Phi) is 8.15. The normalized spacial score (nSPS) is 14.2. The number of nitrogens with one attached hydrogen (secondary N) is 2. The SMILES string of the molecule is CCCNc1ccc2oc(-c3cc(-c4cnn(C5CCNCC5)c4)cnc3N)nc2c1.O=C(O)C(F)(F)F. The molecule has 0 bridgehead atoms. The summed E-state index contributed by atoms with van der Waals surface area (Å²) in [6.45, 7) is 5.11. The molecular formula is C25H28F3N7O3. The highest BCUT2D eigenvalue weighted by Gasteiger charge is 2.38. The number of carboxylic acid groups (broad SMARTS) is 1. The maximum atomic E-state index is 10.6. The minimum atomic E-state index is -5.08. The number of nitrogen functional groups attached to an aromatic ring is 1. The smallest absolute Gasteiger partial charge is 0.475 e. The Morgan fingerprint density at radius 1 is 1.24 bits per heavy atom. The molecule has 1 aromatic carbocycles. The van der Waals surface area contributed by atoms with Crippen LogP contribution >= 0.6 is 0 Å². The van der Waals surface area contributed by atoms with E-state index in [9.17, 15) is 13.2 Å². The van der Waals surface area contributed by atoms with E-state index in [-0.39, 0.29) is 0 Å². The Morgan fingerprint density at radius 2 is 1.97 bits per heavy atom. The van der Waals surface area contributed by atoms with Crippen LogP contribution in [0, 0.1) is 0 Å². The van der Waals surface area contributed by atoms with Crippen molar-refractivity contribution in [2.45, 2.75) is 38.4 Å². The van der Waals surface area contributed by atoms with Crippen LogP contribution in [0.15, 0.2) is 47.3 Å². The van der Waals surface area contributed by atoms with Gasteiger partial charge in [0.15, 0.2) is 5.58 Å². The van der Waals surface area contributed by atoms with Crippen molar-refractivity contribution in [1.29, 1.82) is 0 Å². The van der Waals surface area contributed by atoms with Crippen molar-refractivity contribution in [3.8, 4) is 22.6 Å². The average molecular weight is 532 g/mol. The maximum Gasteiger partial charge on any atom is 0.490 e. The molecule has 10 nitrogen and oxygen atoms in total. The zero-order valence-corrected chi connectivity index (χ0v) is 20.6. The summed E-state index contributed by atoms with van der Waals surface area (Å²) in [5.74, 6) is -1.89. The molecule has 5 N–H and O–H groups in total. The van der Waals surface area contributed by atoms with E-state index in [4.69, 9.17) is 20.1 Å². The van der Waals surface area contributed by atoms with Crippen molar-refractivity contribution in [1.82, 2.24) is 25.1 Å². The second-order valence-electron chi connectivity index (χ2n) is 8.78. The average Bonchev–Trinajstić information content (AvgIpc) is 3.55. The maximum absolute atomic E-state index is 10.6. The Morgan fingerprint density at radius 3 is 2.66 bits per heavy atom. The first-order chi connectivity index (χ1) is 18.2. The molecule has 13 heteroatoms. The molecule has 1 fully saturated rings. The Labute approximate surface area is 216 Å². The van der Waals surface area contributed by atoms with Crippen molar-refractivity contribution < 1.29 is 27.5 Å². The Hall–Kier alpha value is -4.13. The van der Waals surface area contributed by atoms with E-state index < -0.39 is 12.1 Å². The molecule has 1 aliphatic rings. The summed E-state index contributed by atoms with van der Waals surface area (Å²) < 4.78 is 39.8. The summed E-state index contributed by atoms with van der Waals surface area (Å²) in [5, 5.41) is 18.5. The molecule has 0 atom stereocenters. The van der Waals surface area contributed by atoms with Gasteiger partial charge in [-0.1, -0.05) is 6.92 Å². The van der Waals surface area contributed by atoms with Crippen LogP contribution in [0.2, 0.25) is 0 Å². The van der Waals surface area contributed by atoms with Crippen LogP contribution in [0.3, 0.4) is 0 Å². The van der Waals surface area contributed by atoms with E-state index in [0.717, 1.165) is 66.8 Å². The summed E-state index contributed by atoms with van der Waals surface area (Å²) in [6.07, 6.45) is 3.90. The molecule has 4 aromatic rings. The summed E-state index contributed by atoms with van der Waals surface area (Å²) in [4.78, 5) is 18.0. The van der Waals surface area contributed by atoms with Gasteiger partial charge in [0.1, 0.15) is 11.3 Å². The van der Waals surface area contributed by atoms with E-state index >= 15 is 0 Å². The summed E-state index contributed by atoms with van der Waals surface area (Å²) in [6, 6.07) is 8.34. The van der Waals surface area contributed by atoms with Crippen molar-refractivity contribution in [3.05, 3.63) is 42.9 Å². The predicted octanol–water partition coefficient (Wildman–Crippen LogP) is 4.72. The molecule has 0 saturated carbocycles. The van der Waals surface area contributed by atoms with Crippen molar-refractivity contribution in [3.63, 3.8) is 0 Å². The number of rotatable bonds is 6. The molecular weight excluding hydrogens is 503 g/mol. The lowest BCUT2D eigenvalue weighted by atomic mass is 10.1. The molecule has 0 unspecified atom stereocenters. The quantitative estimate of drug-likeness (QED) is 0.278. The van der Waals surface area contributed by atoms with Gasteiger partial charge in [-0.25, -0.2) is 14.8 Å². The van der Waals surface area contributed by atoms with E-state index in [1.54, 1.807) is 6.20 Å². The third-order valence-electron chi connectivity index (χ3n) is 5.98. The number of oxazole rings is 1. The number of nitrogens with two attached hydrogens (primary N) is 1. The fourth-order valence-corrected chi connectivity index (χ4v) is 3.98. The van der Waals surface area contributed by atoms with Crippen molar-refractivity contribution in [2.24, 2.45) is 0 Å². The third-order valence-corrected chi connectivity index (χ3v) is 5.98. The first kappa shape index (κ1) is 26.9. The Bertz CT molecular complexity index is 1390. The van der Waals surface area contributed by atoms with Crippen LogP contribution in [0.5, 0.6) is 0 Å². The second kappa shape index (κ2) is 11.5. The van der Waals surface area contributed by atoms with E-state index in [1.807, 2.05) is 30.5 Å². The standard InChI is InChI=1S/C23H27N7O.C2HF3O2/c1-2-7-26-17-3-4-21-20(11-17)29-23(31-21)19-10-15(12-27-22(19)24)16-13-28-30(14-16)18-5-8-25-9-6-18;3-2(4,5)1(6)7/h3-4,10-14,18,25-26H,2,5-9H2,1H3,(H2,24,27);(H,6,7). The molecule has 202 valence electrons. The summed E-state index contributed by atoms with van der Waals surface area (Å²) in [5.41, 5.74) is 11.4. The van der Waals surface area contributed by atoms with E-state index in [2.05, 4.69) is 43.5 Å². The van der Waals surface area contributed by atoms with Gasteiger partial charge in [-0.2, -0.15) is 18.3 Å². The first-order valence-electron chi connectivity index (χ1n) is 12.1. The number of aromatic nitrogens is 4. The number of anilines is 2. The number of nitrogens with zero attached hydrogens (tertiary/aromatic N) is 4. The fraction of sp³-hybridized carbons (Fsp3) is 0.360. The van der Waals surface area contributed by atoms with Gasteiger partial charge >= 0.3 is 12.1 Å². The molecule has 0 spiro atoms. The molecule has 5 rings (SSSR count). The zero-order valence-electron chi connectivity index (χ0n) is 20.6. The summed E-state index contributed by atoms with van der Waals surface area (Å²) >= 11 is 0. The minimum Gasteiger partial charge on any atom is -0.475 e. The number of carbonyl (C=O) groups is 1. The lowest BCUT2D eigenvalue weighted by Gasteiger charge is -2.22.